The standard InChI is InChI=1S/C25H34N2O2/c1-19-18-27(16-14-25(19,2)21-11-8-12-22(28)17-21)15-13-23(24(29)26(3)4)20-9-6-5-7-10-20/h5-12,17,19,23,28H,13-16,18H2,1-4H3/t19-,23?,25-/m1/s1. The Hall–Kier alpha value is -2.33. The number of piperidine rings is 1. The zero-order valence-corrected chi connectivity index (χ0v) is 18.1. The molecule has 0 aromatic heterocycles. The lowest BCUT2D eigenvalue weighted by Gasteiger charge is -2.45. The molecule has 29 heavy (non-hydrogen) atoms. The average molecular weight is 395 g/mol. The summed E-state index contributed by atoms with van der Waals surface area (Å²) in [5.74, 6) is 0.885. The van der Waals surface area contributed by atoms with Gasteiger partial charge in [-0.1, -0.05) is 56.3 Å². The van der Waals surface area contributed by atoms with Crippen LogP contribution in [0.4, 0.5) is 0 Å². The first kappa shape index (κ1) is 21.4. The van der Waals surface area contributed by atoms with Crippen molar-refractivity contribution in [1.82, 2.24) is 9.80 Å². The van der Waals surface area contributed by atoms with Crippen molar-refractivity contribution in [2.75, 3.05) is 33.7 Å². The first-order chi connectivity index (χ1) is 13.8. The number of likely N-dealkylation sites (N-methyl/N-ethyl adjacent to an activating group) is 1. The number of hydrogen-bond donors (Lipinski definition) is 1. The van der Waals surface area contributed by atoms with Gasteiger partial charge in [-0.15, -0.1) is 0 Å². The summed E-state index contributed by atoms with van der Waals surface area (Å²) < 4.78 is 0. The maximum atomic E-state index is 12.8. The van der Waals surface area contributed by atoms with Crippen molar-refractivity contribution in [3.8, 4) is 5.75 Å². The summed E-state index contributed by atoms with van der Waals surface area (Å²) in [6, 6.07) is 17.8. The number of rotatable bonds is 6. The minimum absolute atomic E-state index is 0.0630. The summed E-state index contributed by atoms with van der Waals surface area (Å²) in [4.78, 5) is 17.0. The van der Waals surface area contributed by atoms with Crippen LogP contribution in [0.1, 0.15) is 43.7 Å². The molecule has 0 spiro atoms. The Morgan fingerprint density at radius 1 is 1.21 bits per heavy atom. The van der Waals surface area contributed by atoms with Crippen LogP contribution in [-0.4, -0.2) is 54.5 Å². The van der Waals surface area contributed by atoms with E-state index < -0.39 is 0 Å². The average Bonchev–Trinajstić information content (AvgIpc) is 2.71. The minimum atomic E-state index is -0.0964. The van der Waals surface area contributed by atoms with Crippen LogP contribution in [0.3, 0.4) is 0 Å². The van der Waals surface area contributed by atoms with Gasteiger partial charge < -0.3 is 14.9 Å². The number of benzene rings is 2. The van der Waals surface area contributed by atoms with Gasteiger partial charge in [0.1, 0.15) is 5.75 Å². The van der Waals surface area contributed by atoms with Gasteiger partial charge in [0.05, 0.1) is 5.92 Å². The van der Waals surface area contributed by atoms with Crippen LogP contribution in [-0.2, 0) is 10.2 Å². The molecule has 156 valence electrons. The molecule has 1 aliphatic rings. The normalized spacial score (nSPS) is 23.5. The Morgan fingerprint density at radius 2 is 1.93 bits per heavy atom. The molecule has 3 rings (SSSR count). The van der Waals surface area contributed by atoms with Crippen LogP contribution < -0.4 is 0 Å². The van der Waals surface area contributed by atoms with E-state index in [0.29, 0.717) is 11.7 Å². The van der Waals surface area contributed by atoms with Crippen LogP contribution >= 0.6 is 0 Å². The highest BCUT2D eigenvalue weighted by Gasteiger charge is 2.38. The quantitative estimate of drug-likeness (QED) is 0.796. The van der Waals surface area contributed by atoms with E-state index in [1.807, 2.05) is 44.4 Å². The lowest BCUT2D eigenvalue weighted by atomic mass is 9.68. The molecular formula is C25H34N2O2. The topological polar surface area (TPSA) is 43.8 Å². The molecular weight excluding hydrogens is 360 g/mol. The fourth-order valence-corrected chi connectivity index (χ4v) is 4.55. The maximum absolute atomic E-state index is 12.8. The van der Waals surface area contributed by atoms with Crippen LogP contribution in [0.5, 0.6) is 5.75 Å². The van der Waals surface area contributed by atoms with E-state index in [1.165, 1.54) is 5.56 Å². The third kappa shape index (κ3) is 4.81. The second-order valence-electron chi connectivity index (χ2n) is 8.90. The van der Waals surface area contributed by atoms with E-state index >= 15 is 0 Å². The lowest BCUT2D eigenvalue weighted by Crippen LogP contribution is -2.47. The summed E-state index contributed by atoms with van der Waals surface area (Å²) in [7, 11) is 3.67. The summed E-state index contributed by atoms with van der Waals surface area (Å²) in [5, 5.41) is 9.90. The van der Waals surface area contributed by atoms with Crippen molar-refractivity contribution in [1.29, 1.82) is 0 Å². The molecule has 0 bridgehead atoms. The van der Waals surface area contributed by atoms with E-state index in [4.69, 9.17) is 0 Å². The molecule has 4 nitrogen and oxygen atoms in total. The van der Waals surface area contributed by atoms with E-state index in [2.05, 4.69) is 36.9 Å². The van der Waals surface area contributed by atoms with Gasteiger partial charge >= 0.3 is 0 Å². The molecule has 3 atom stereocenters. The fraction of sp³-hybridized carbons (Fsp3) is 0.480. The van der Waals surface area contributed by atoms with E-state index in [1.54, 1.807) is 11.0 Å². The van der Waals surface area contributed by atoms with E-state index in [0.717, 1.165) is 38.0 Å². The molecule has 1 amide bonds. The third-order valence-electron chi connectivity index (χ3n) is 6.75. The minimum Gasteiger partial charge on any atom is -0.508 e. The Labute approximate surface area is 175 Å². The molecule has 1 saturated heterocycles. The van der Waals surface area contributed by atoms with Gasteiger partial charge in [0.2, 0.25) is 5.91 Å². The molecule has 0 saturated carbocycles. The van der Waals surface area contributed by atoms with Crippen LogP contribution in [0.25, 0.3) is 0 Å². The highest BCUT2D eigenvalue weighted by atomic mass is 16.3. The van der Waals surface area contributed by atoms with Gasteiger partial charge in [-0.25, -0.2) is 0 Å². The number of aromatic hydroxyl groups is 1. The lowest BCUT2D eigenvalue weighted by molar-refractivity contribution is -0.130. The third-order valence-corrected chi connectivity index (χ3v) is 6.75. The summed E-state index contributed by atoms with van der Waals surface area (Å²) in [6.07, 6.45) is 1.88. The number of hydrogen-bond acceptors (Lipinski definition) is 3. The number of carbonyl (C=O) groups is 1. The van der Waals surface area contributed by atoms with E-state index in [9.17, 15) is 9.90 Å². The largest absolute Gasteiger partial charge is 0.508 e. The van der Waals surface area contributed by atoms with Crippen molar-refractivity contribution >= 4 is 5.91 Å². The second-order valence-corrected chi connectivity index (χ2v) is 8.90. The molecule has 2 aromatic rings. The fourth-order valence-electron chi connectivity index (χ4n) is 4.55. The first-order valence-electron chi connectivity index (χ1n) is 10.6. The Morgan fingerprint density at radius 3 is 2.55 bits per heavy atom. The molecule has 1 aliphatic heterocycles. The SMILES string of the molecule is C[C@@H]1CN(CCC(C(=O)N(C)C)c2ccccc2)CC[C@@]1(C)c1cccc(O)c1. The molecule has 4 heteroatoms. The molecule has 0 radical (unpaired) electrons. The van der Waals surface area contributed by atoms with Gasteiger partial charge in [0, 0.05) is 20.6 Å². The first-order valence-corrected chi connectivity index (χ1v) is 10.6. The molecule has 0 aliphatic carbocycles. The highest BCUT2D eigenvalue weighted by Crippen LogP contribution is 2.40. The molecule has 1 fully saturated rings. The highest BCUT2D eigenvalue weighted by molar-refractivity contribution is 5.83. The smallest absolute Gasteiger partial charge is 0.229 e. The molecule has 1 unspecified atom stereocenters. The number of carbonyl (C=O) groups excluding carboxylic acids is 1. The molecule has 1 N–H and O–H groups in total. The van der Waals surface area contributed by atoms with Gasteiger partial charge in [0.15, 0.2) is 0 Å². The van der Waals surface area contributed by atoms with Gasteiger partial charge in [-0.2, -0.15) is 0 Å². The number of nitrogens with zero attached hydrogens (tertiary/aromatic N) is 2. The van der Waals surface area contributed by atoms with Crippen LogP contribution in [0.2, 0.25) is 0 Å². The van der Waals surface area contributed by atoms with Crippen molar-refractivity contribution in [3.63, 3.8) is 0 Å². The summed E-state index contributed by atoms with van der Waals surface area (Å²) in [6.45, 7) is 7.54. The molecule has 2 aromatic carbocycles. The van der Waals surface area contributed by atoms with Crippen molar-refractivity contribution in [3.05, 3.63) is 65.7 Å². The van der Waals surface area contributed by atoms with Crippen molar-refractivity contribution in [2.24, 2.45) is 5.92 Å². The van der Waals surface area contributed by atoms with Crippen molar-refractivity contribution in [2.45, 2.75) is 38.0 Å². The zero-order valence-electron chi connectivity index (χ0n) is 18.1. The Bertz CT molecular complexity index is 821. The summed E-state index contributed by atoms with van der Waals surface area (Å²) in [5.41, 5.74) is 2.38. The predicted molar refractivity (Wildman–Crippen MR) is 118 cm³/mol. The van der Waals surface area contributed by atoms with Crippen LogP contribution in [0.15, 0.2) is 54.6 Å². The number of phenols is 1. The van der Waals surface area contributed by atoms with Gasteiger partial charge in [-0.3, -0.25) is 4.79 Å². The zero-order chi connectivity index (χ0) is 21.0. The van der Waals surface area contributed by atoms with Crippen molar-refractivity contribution < 1.29 is 9.90 Å². The second kappa shape index (κ2) is 9.00. The van der Waals surface area contributed by atoms with Gasteiger partial charge in [-0.05, 0) is 60.5 Å². The van der Waals surface area contributed by atoms with E-state index in [-0.39, 0.29) is 17.2 Å². The van der Waals surface area contributed by atoms with Crippen LogP contribution in [0, 0.1) is 5.92 Å². The number of amides is 1. The Balaban J connectivity index is 1.66. The molecule has 1 heterocycles. The number of phenolic OH excluding ortho intramolecular Hbond substituents is 1. The predicted octanol–water partition coefficient (Wildman–Crippen LogP) is 4.25. The Kier molecular flexibility index (Phi) is 6.63. The summed E-state index contributed by atoms with van der Waals surface area (Å²) >= 11 is 0. The van der Waals surface area contributed by atoms with Gasteiger partial charge in [0.25, 0.3) is 0 Å². The number of likely N-dealkylation sites (tertiary alicyclic amines) is 1. The maximum Gasteiger partial charge on any atom is 0.229 e. The monoisotopic (exact) mass is 394 g/mol.